The molecule has 3 aromatic rings. The van der Waals surface area contributed by atoms with E-state index in [9.17, 15) is 14.4 Å². The number of para-hydroxylation sites is 1. The first kappa shape index (κ1) is 19.8. The third-order valence-electron chi connectivity index (χ3n) is 4.90. The molecule has 2 heterocycles. The molecule has 1 saturated heterocycles. The second kappa shape index (κ2) is 8.92. The normalized spacial score (nSPS) is 13.7. The van der Waals surface area contributed by atoms with Crippen LogP contribution in [0.2, 0.25) is 0 Å². The maximum absolute atomic E-state index is 12.9. The minimum absolute atomic E-state index is 0.103. The molecule has 3 amide bonds. The Hall–Kier alpha value is -3.45. The van der Waals surface area contributed by atoms with Gasteiger partial charge in [0.15, 0.2) is 0 Å². The van der Waals surface area contributed by atoms with Gasteiger partial charge in [-0.15, -0.1) is 11.3 Å². The van der Waals surface area contributed by atoms with Gasteiger partial charge in [0.1, 0.15) is 0 Å². The maximum atomic E-state index is 12.9. The highest BCUT2D eigenvalue weighted by Crippen LogP contribution is 2.25. The molecule has 1 fully saturated rings. The van der Waals surface area contributed by atoms with Crippen LogP contribution >= 0.6 is 11.3 Å². The van der Waals surface area contributed by atoms with Gasteiger partial charge >= 0.3 is 0 Å². The summed E-state index contributed by atoms with van der Waals surface area (Å²) in [6, 6.07) is 17.7. The standard InChI is InChI=1S/C23H21N3O3S/c27-21-12-3-4-13-26(21)17-8-5-7-16(15-17)24-22(28)18-9-1-2-10-19(18)25-23(29)20-11-6-14-30-20/h1-2,5-11,14-15H,3-4,12-13H2,(H,24,28)(H,25,29). The van der Waals surface area contributed by atoms with Gasteiger partial charge in [-0.25, -0.2) is 0 Å². The topological polar surface area (TPSA) is 78.5 Å². The smallest absolute Gasteiger partial charge is 0.265 e. The first-order chi connectivity index (χ1) is 14.6. The highest BCUT2D eigenvalue weighted by Gasteiger charge is 2.20. The molecular formula is C23H21N3O3S. The molecule has 7 heteroatoms. The second-order valence-electron chi connectivity index (χ2n) is 6.98. The van der Waals surface area contributed by atoms with Crippen LogP contribution < -0.4 is 15.5 Å². The number of carbonyl (C=O) groups excluding carboxylic acids is 3. The molecule has 1 aliphatic heterocycles. The molecule has 0 atom stereocenters. The molecule has 1 aromatic heterocycles. The Morgan fingerprint density at radius 2 is 1.77 bits per heavy atom. The van der Waals surface area contributed by atoms with Gasteiger partial charge < -0.3 is 15.5 Å². The zero-order valence-electron chi connectivity index (χ0n) is 16.3. The molecule has 0 aliphatic carbocycles. The molecule has 0 bridgehead atoms. The van der Waals surface area contributed by atoms with E-state index in [1.807, 2.05) is 17.5 Å². The summed E-state index contributed by atoms with van der Waals surface area (Å²) >= 11 is 1.34. The number of amides is 3. The van der Waals surface area contributed by atoms with E-state index in [4.69, 9.17) is 0 Å². The SMILES string of the molecule is O=C(Nc1ccccc1C(=O)Nc1cccc(N2CCCCC2=O)c1)c1cccs1. The van der Waals surface area contributed by atoms with Gasteiger partial charge in [-0.3, -0.25) is 14.4 Å². The summed E-state index contributed by atoms with van der Waals surface area (Å²) < 4.78 is 0. The van der Waals surface area contributed by atoms with E-state index in [0.717, 1.165) is 18.5 Å². The van der Waals surface area contributed by atoms with E-state index in [0.29, 0.717) is 34.8 Å². The maximum Gasteiger partial charge on any atom is 0.265 e. The van der Waals surface area contributed by atoms with Gasteiger partial charge in [0.05, 0.1) is 16.1 Å². The lowest BCUT2D eigenvalue weighted by Gasteiger charge is -2.27. The van der Waals surface area contributed by atoms with E-state index < -0.39 is 0 Å². The van der Waals surface area contributed by atoms with E-state index in [1.54, 1.807) is 53.4 Å². The average molecular weight is 420 g/mol. The number of nitrogens with zero attached hydrogens (tertiary/aromatic N) is 1. The van der Waals surface area contributed by atoms with Crippen LogP contribution in [-0.2, 0) is 4.79 Å². The predicted molar refractivity (Wildman–Crippen MR) is 119 cm³/mol. The third kappa shape index (κ3) is 4.41. The van der Waals surface area contributed by atoms with Crippen molar-refractivity contribution in [3.63, 3.8) is 0 Å². The fraction of sp³-hybridized carbons (Fsp3) is 0.174. The zero-order chi connectivity index (χ0) is 20.9. The summed E-state index contributed by atoms with van der Waals surface area (Å²) in [6.45, 7) is 0.688. The molecule has 2 aromatic carbocycles. The van der Waals surface area contributed by atoms with Crippen molar-refractivity contribution in [1.29, 1.82) is 0 Å². The molecule has 0 saturated carbocycles. The number of anilines is 3. The van der Waals surface area contributed by atoms with Crippen LogP contribution in [0.4, 0.5) is 17.1 Å². The van der Waals surface area contributed by atoms with Crippen LogP contribution in [0.5, 0.6) is 0 Å². The number of benzene rings is 2. The molecule has 30 heavy (non-hydrogen) atoms. The molecule has 2 N–H and O–H groups in total. The van der Waals surface area contributed by atoms with Crippen molar-refractivity contribution in [2.75, 3.05) is 22.1 Å². The molecular weight excluding hydrogens is 398 g/mol. The zero-order valence-corrected chi connectivity index (χ0v) is 17.1. The van der Waals surface area contributed by atoms with E-state index in [1.165, 1.54) is 11.3 Å². The van der Waals surface area contributed by atoms with Crippen LogP contribution in [0.3, 0.4) is 0 Å². The molecule has 1 aliphatic rings. The van der Waals surface area contributed by atoms with Gasteiger partial charge in [0.2, 0.25) is 5.91 Å². The van der Waals surface area contributed by atoms with E-state index in [-0.39, 0.29) is 17.7 Å². The molecule has 6 nitrogen and oxygen atoms in total. The average Bonchev–Trinajstić information content (AvgIpc) is 3.30. The summed E-state index contributed by atoms with van der Waals surface area (Å²) in [5.41, 5.74) is 2.17. The molecule has 0 spiro atoms. The predicted octanol–water partition coefficient (Wildman–Crippen LogP) is 4.77. The van der Waals surface area contributed by atoms with Crippen molar-refractivity contribution < 1.29 is 14.4 Å². The number of piperidine rings is 1. The van der Waals surface area contributed by atoms with Crippen molar-refractivity contribution in [2.24, 2.45) is 0 Å². The highest BCUT2D eigenvalue weighted by molar-refractivity contribution is 7.12. The lowest BCUT2D eigenvalue weighted by Crippen LogP contribution is -2.35. The van der Waals surface area contributed by atoms with Crippen molar-refractivity contribution in [1.82, 2.24) is 0 Å². The molecule has 152 valence electrons. The quantitative estimate of drug-likeness (QED) is 0.625. The van der Waals surface area contributed by atoms with E-state index >= 15 is 0 Å². The fourth-order valence-corrected chi connectivity index (χ4v) is 4.03. The lowest BCUT2D eigenvalue weighted by atomic mass is 10.1. The number of hydrogen-bond acceptors (Lipinski definition) is 4. The number of thiophene rings is 1. The van der Waals surface area contributed by atoms with Crippen LogP contribution in [-0.4, -0.2) is 24.3 Å². The monoisotopic (exact) mass is 419 g/mol. The fourth-order valence-electron chi connectivity index (χ4n) is 3.41. The number of hydrogen-bond donors (Lipinski definition) is 2. The van der Waals surface area contributed by atoms with Gasteiger partial charge in [0.25, 0.3) is 11.8 Å². The van der Waals surface area contributed by atoms with Gasteiger partial charge in [0, 0.05) is 24.3 Å². The summed E-state index contributed by atoms with van der Waals surface area (Å²) in [6.07, 6.45) is 2.44. The van der Waals surface area contributed by atoms with Crippen molar-refractivity contribution in [3.8, 4) is 0 Å². The van der Waals surface area contributed by atoms with Crippen molar-refractivity contribution >= 4 is 46.1 Å². The first-order valence-corrected chi connectivity index (χ1v) is 10.7. The summed E-state index contributed by atoms with van der Waals surface area (Å²) in [5.74, 6) is -0.485. The Labute approximate surface area is 178 Å². The Bertz CT molecular complexity index is 1080. The van der Waals surface area contributed by atoms with Crippen molar-refractivity contribution in [3.05, 3.63) is 76.5 Å². The Morgan fingerprint density at radius 1 is 0.900 bits per heavy atom. The van der Waals surface area contributed by atoms with E-state index in [2.05, 4.69) is 10.6 Å². The Kier molecular flexibility index (Phi) is 5.90. The van der Waals surface area contributed by atoms with Crippen LogP contribution in [0.1, 0.15) is 39.3 Å². The first-order valence-electron chi connectivity index (χ1n) is 9.77. The van der Waals surface area contributed by atoms with Gasteiger partial charge in [-0.2, -0.15) is 0 Å². The van der Waals surface area contributed by atoms with Crippen molar-refractivity contribution in [2.45, 2.75) is 19.3 Å². The molecule has 0 unspecified atom stereocenters. The van der Waals surface area contributed by atoms with Gasteiger partial charge in [-0.05, 0) is 54.6 Å². The van der Waals surface area contributed by atoms with Crippen LogP contribution in [0.15, 0.2) is 66.0 Å². The lowest BCUT2D eigenvalue weighted by molar-refractivity contribution is -0.119. The minimum Gasteiger partial charge on any atom is -0.322 e. The number of rotatable bonds is 5. The molecule has 0 radical (unpaired) electrons. The summed E-state index contributed by atoms with van der Waals surface area (Å²) in [5, 5.41) is 7.51. The number of carbonyl (C=O) groups is 3. The van der Waals surface area contributed by atoms with Crippen LogP contribution in [0.25, 0.3) is 0 Å². The minimum atomic E-state index is -0.334. The Morgan fingerprint density at radius 3 is 2.57 bits per heavy atom. The number of nitrogens with one attached hydrogen (secondary N) is 2. The second-order valence-corrected chi connectivity index (χ2v) is 7.93. The third-order valence-corrected chi connectivity index (χ3v) is 5.77. The van der Waals surface area contributed by atoms with Crippen LogP contribution in [0, 0.1) is 0 Å². The summed E-state index contributed by atoms with van der Waals surface area (Å²) in [4.78, 5) is 39.8. The summed E-state index contributed by atoms with van der Waals surface area (Å²) in [7, 11) is 0. The molecule has 4 rings (SSSR count). The Balaban J connectivity index is 1.51. The largest absolute Gasteiger partial charge is 0.322 e. The van der Waals surface area contributed by atoms with Gasteiger partial charge in [-0.1, -0.05) is 24.3 Å². The highest BCUT2D eigenvalue weighted by atomic mass is 32.1.